The lowest BCUT2D eigenvalue weighted by Crippen LogP contribution is -2.57. The molecule has 3 atom stereocenters. The van der Waals surface area contributed by atoms with Crippen LogP contribution in [0, 0.1) is 5.41 Å². The summed E-state index contributed by atoms with van der Waals surface area (Å²) in [5, 5.41) is 7.28. The number of fused-ring (bicyclic) bond motifs is 1. The van der Waals surface area contributed by atoms with Gasteiger partial charge in [0.1, 0.15) is 18.8 Å². The zero-order valence-corrected chi connectivity index (χ0v) is 19.5. The van der Waals surface area contributed by atoms with Crippen molar-refractivity contribution >= 4 is 22.6 Å². The first kappa shape index (κ1) is 21.5. The molecule has 182 valence electrons. The van der Waals surface area contributed by atoms with Crippen molar-refractivity contribution < 1.29 is 13.9 Å². The van der Waals surface area contributed by atoms with Gasteiger partial charge in [0.2, 0.25) is 5.88 Å². The van der Waals surface area contributed by atoms with Gasteiger partial charge in [-0.2, -0.15) is 0 Å². The Kier molecular flexibility index (Phi) is 4.83. The van der Waals surface area contributed by atoms with E-state index >= 15 is 0 Å². The maximum Gasteiger partial charge on any atom is 0.330 e. The molecule has 1 spiro atoms. The number of halogens is 1. The number of ether oxygens (including phenoxy) is 1. The lowest BCUT2D eigenvalue weighted by atomic mass is 9.86. The molecule has 3 aliphatic rings. The molecule has 1 saturated carbocycles. The highest BCUT2D eigenvalue weighted by molar-refractivity contribution is 5.98. The number of piperidine rings is 1. The molecule has 2 aromatic carbocycles. The van der Waals surface area contributed by atoms with Gasteiger partial charge in [-0.15, -0.1) is 0 Å². The number of carbonyl (C=O) groups excluding carboxylic acids is 1. The lowest BCUT2D eigenvalue weighted by molar-refractivity contribution is 0.00797. The van der Waals surface area contributed by atoms with Crippen LogP contribution in [-0.4, -0.2) is 50.6 Å². The van der Waals surface area contributed by atoms with Crippen molar-refractivity contribution in [2.75, 3.05) is 18.4 Å². The van der Waals surface area contributed by atoms with Crippen molar-refractivity contribution in [3.8, 4) is 11.6 Å². The van der Waals surface area contributed by atoms with Gasteiger partial charge in [-0.25, -0.2) is 19.2 Å². The van der Waals surface area contributed by atoms with E-state index in [1.807, 2.05) is 30.3 Å². The van der Waals surface area contributed by atoms with E-state index in [2.05, 4.69) is 25.5 Å². The van der Waals surface area contributed by atoms with E-state index in [9.17, 15) is 9.18 Å². The van der Waals surface area contributed by atoms with Crippen LogP contribution >= 0.6 is 0 Å². The number of benzene rings is 2. The zero-order chi connectivity index (χ0) is 24.3. The van der Waals surface area contributed by atoms with Gasteiger partial charge in [-0.05, 0) is 48.4 Å². The first-order chi connectivity index (χ1) is 17.6. The summed E-state index contributed by atoms with van der Waals surface area (Å²) in [6.07, 6.45) is 4.56. The van der Waals surface area contributed by atoms with Gasteiger partial charge in [0.15, 0.2) is 0 Å². The highest BCUT2D eigenvalue weighted by atomic mass is 19.1. The number of anilines is 1. The lowest BCUT2D eigenvalue weighted by Gasteiger charge is -2.46. The predicted octanol–water partition coefficient (Wildman–Crippen LogP) is 4.32. The number of hydrogen-bond acceptors (Lipinski definition) is 6. The average Bonchev–Trinajstić information content (AvgIpc) is 3.33. The molecule has 7 rings (SSSR count). The van der Waals surface area contributed by atoms with Crippen LogP contribution in [0.25, 0.3) is 10.9 Å². The van der Waals surface area contributed by atoms with E-state index in [1.165, 1.54) is 11.0 Å². The highest BCUT2D eigenvalue weighted by Crippen LogP contribution is 2.61. The maximum atomic E-state index is 12.9. The first-order valence-corrected chi connectivity index (χ1v) is 12.1. The zero-order valence-electron chi connectivity index (χ0n) is 19.5. The molecule has 1 amide bonds. The number of rotatable bonds is 6. The molecule has 3 fully saturated rings. The van der Waals surface area contributed by atoms with Crippen LogP contribution in [0.1, 0.15) is 17.7 Å². The smallest absolute Gasteiger partial charge is 0.330 e. The topological polar surface area (TPSA) is 84.3 Å². The second-order valence-corrected chi connectivity index (χ2v) is 9.94. The van der Waals surface area contributed by atoms with Crippen molar-refractivity contribution in [1.29, 1.82) is 0 Å². The summed E-state index contributed by atoms with van der Waals surface area (Å²) in [5.41, 5.74) is 3.28. The molecule has 2 aromatic heterocycles. The van der Waals surface area contributed by atoms with Gasteiger partial charge >= 0.3 is 6.03 Å². The Bertz CT molecular complexity index is 1490. The van der Waals surface area contributed by atoms with E-state index in [-0.39, 0.29) is 6.03 Å². The van der Waals surface area contributed by atoms with Gasteiger partial charge < -0.3 is 15.4 Å². The number of nitrogens with zero attached hydrogens (tertiary/aromatic N) is 4. The number of hydrogen-bond donors (Lipinski definition) is 2. The number of likely N-dealkylation sites (tertiary alicyclic amines) is 1. The summed E-state index contributed by atoms with van der Waals surface area (Å²) >= 11 is 0. The van der Waals surface area contributed by atoms with Crippen LogP contribution in [0.4, 0.5) is 14.9 Å². The number of aromatic nitrogens is 3. The Morgan fingerprint density at radius 2 is 2.14 bits per heavy atom. The fourth-order valence-corrected chi connectivity index (χ4v) is 5.86. The van der Waals surface area contributed by atoms with Crippen LogP contribution in [0.2, 0.25) is 0 Å². The average molecular weight is 485 g/mol. The maximum absolute atomic E-state index is 12.9. The summed E-state index contributed by atoms with van der Waals surface area (Å²) in [7, 11) is 0. The first-order valence-electron chi connectivity index (χ1n) is 12.1. The summed E-state index contributed by atoms with van der Waals surface area (Å²) in [4.78, 5) is 24.0. The molecule has 0 bridgehead atoms. The van der Waals surface area contributed by atoms with Gasteiger partial charge in [0.25, 0.3) is 0 Å². The second-order valence-electron chi connectivity index (χ2n) is 9.94. The molecular formula is C27H25FN6O2. The predicted molar refractivity (Wildman–Crippen MR) is 133 cm³/mol. The molecule has 8 nitrogen and oxygen atoms in total. The van der Waals surface area contributed by atoms with Gasteiger partial charge in [0.05, 0.1) is 11.2 Å². The van der Waals surface area contributed by atoms with Gasteiger partial charge in [-0.1, -0.05) is 12.1 Å². The Balaban J connectivity index is 1.04. The van der Waals surface area contributed by atoms with E-state index in [4.69, 9.17) is 4.74 Å². The fourth-order valence-electron chi connectivity index (χ4n) is 5.86. The Morgan fingerprint density at radius 3 is 3.00 bits per heavy atom. The largest absolute Gasteiger partial charge is 0.439 e. The third kappa shape index (κ3) is 3.54. The van der Waals surface area contributed by atoms with Crippen molar-refractivity contribution in [3.63, 3.8) is 0 Å². The normalized spacial score (nSPS) is 24.1. The van der Waals surface area contributed by atoms with E-state index in [0.29, 0.717) is 34.3 Å². The molecule has 1 aliphatic carbocycles. The molecule has 9 heteroatoms. The molecule has 0 radical (unpaired) electrons. The minimum atomic E-state index is -0.579. The molecule has 1 unspecified atom stereocenters. The molecule has 2 aliphatic heterocycles. The van der Waals surface area contributed by atoms with Crippen LogP contribution < -0.4 is 15.4 Å². The van der Waals surface area contributed by atoms with Gasteiger partial charge in [-0.3, -0.25) is 9.47 Å². The minimum Gasteiger partial charge on any atom is -0.439 e. The van der Waals surface area contributed by atoms with Crippen LogP contribution in [0.5, 0.6) is 11.6 Å². The summed E-state index contributed by atoms with van der Waals surface area (Å²) in [6, 6.07) is 17.1. The summed E-state index contributed by atoms with van der Waals surface area (Å²) in [6.45, 7) is 2.42. The SMILES string of the molecule is O=C(Nc1cccc(CF)c1)n1ccc2cc(Oc3cc(CN4CC56C[C@@H]5NC[C@@H]46)ncn3)ccc21. The van der Waals surface area contributed by atoms with Crippen molar-refractivity contribution in [3.05, 3.63) is 78.4 Å². The third-order valence-electron chi connectivity index (χ3n) is 7.78. The van der Waals surface area contributed by atoms with E-state index in [1.54, 1.807) is 36.8 Å². The number of alkyl halides is 1. The Morgan fingerprint density at radius 1 is 1.19 bits per heavy atom. The van der Waals surface area contributed by atoms with Crippen LogP contribution in [0.3, 0.4) is 0 Å². The molecule has 36 heavy (non-hydrogen) atoms. The molecule has 4 aromatic rings. The Labute approximate surface area is 207 Å². The fraction of sp³-hybridized carbons (Fsp3) is 0.296. The van der Waals surface area contributed by atoms with Crippen molar-refractivity contribution in [2.24, 2.45) is 5.41 Å². The summed E-state index contributed by atoms with van der Waals surface area (Å²) < 4.78 is 20.5. The quantitative estimate of drug-likeness (QED) is 0.424. The number of carbonyl (C=O) groups is 1. The van der Waals surface area contributed by atoms with Gasteiger partial charge in [0, 0.05) is 60.5 Å². The minimum absolute atomic E-state index is 0.321. The highest BCUT2D eigenvalue weighted by Gasteiger charge is 2.70. The van der Waals surface area contributed by atoms with Crippen LogP contribution in [-0.2, 0) is 13.2 Å². The standard InChI is InChI=1S/C27H25FN6O2/c28-12-17-2-1-3-19(8-17)32-26(35)34-7-6-18-9-21(4-5-22(18)34)36-25-10-20(30-16-31-25)14-33-15-27-11-23(27)29-13-24(27)33/h1-10,16,23-24,29H,11-15H2,(H,32,35)/t23-,24+,27?/m0/s1. The van der Waals surface area contributed by atoms with E-state index in [0.717, 1.165) is 42.3 Å². The monoisotopic (exact) mass is 484 g/mol. The van der Waals surface area contributed by atoms with E-state index < -0.39 is 6.67 Å². The van der Waals surface area contributed by atoms with Crippen molar-refractivity contribution in [2.45, 2.75) is 31.7 Å². The third-order valence-corrected chi connectivity index (χ3v) is 7.78. The number of amides is 1. The molecule has 4 heterocycles. The number of nitrogens with one attached hydrogen (secondary N) is 2. The second kappa shape index (κ2) is 8.11. The summed E-state index contributed by atoms with van der Waals surface area (Å²) in [5.74, 6) is 1.12. The van der Waals surface area contributed by atoms with Crippen molar-refractivity contribution in [1.82, 2.24) is 24.8 Å². The molecule has 2 saturated heterocycles. The molecule has 2 N–H and O–H groups in total. The van der Waals surface area contributed by atoms with Crippen LogP contribution in [0.15, 0.2) is 67.1 Å². The molecular weight excluding hydrogens is 459 g/mol. The Hall–Kier alpha value is -3.82.